The maximum Gasteiger partial charge on any atom is 0.267 e. The summed E-state index contributed by atoms with van der Waals surface area (Å²) >= 11 is 7.49. The van der Waals surface area contributed by atoms with Crippen LogP contribution in [-0.4, -0.2) is 63.9 Å². The van der Waals surface area contributed by atoms with Gasteiger partial charge in [-0.3, -0.25) is 9.59 Å². The zero-order chi connectivity index (χ0) is 29.4. The Kier molecular flexibility index (Phi) is 7.53. The molecule has 1 aromatic carbocycles. The fourth-order valence-electron chi connectivity index (χ4n) is 5.01. The molecule has 0 bridgehead atoms. The first-order chi connectivity index (χ1) is 20.3. The number of amides is 2. The van der Waals surface area contributed by atoms with Gasteiger partial charge in [0.05, 0.1) is 28.6 Å². The number of fused-ring (bicyclic) bond motifs is 3. The second kappa shape index (κ2) is 11.4. The van der Waals surface area contributed by atoms with Crippen molar-refractivity contribution >= 4 is 57.2 Å². The van der Waals surface area contributed by atoms with Crippen LogP contribution in [0.2, 0.25) is 5.02 Å². The molecule has 3 aromatic heterocycles. The summed E-state index contributed by atoms with van der Waals surface area (Å²) in [7, 11) is 0. The average Bonchev–Trinajstić information content (AvgIpc) is 3.47. The third-order valence-corrected chi connectivity index (χ3v) is 8.54. The fourth-order valence-corrected chi connectivity index (χ4v) is 5.99. The van der Waals surface area contributed by atoms with E-state index >= 15 is 0 Å². The van der Waals surface area contributed by atoms with Crippen LogP contribution in [0.5, 0.6) is 5.75 Å². The van der Waals surface area contributed by atoms with Crippen LogP contribution in [0.4, 0.5) is 22.5 Å². The van der Waals surface area contributed by atoms with Crippen molar-refractivity contribution in [3.63, 3.8) is 0 Å². The highest BCUT2D eigenvalue weighted by molar-refractivity contribution is 7.17. The monoisotopic (exact) mass is 601 g/mol. The van der Waals surface area contributed by atoms with Gasteiger partial charge in [0.1, 0.15) is 17.3 Å². The van der Waals surface area contributed by atoms with Gasteiger partial charge in [-0.15, -0.1) is 0 Å². The van der Waals surface area contributed by atoms with Crippen LogP contribution in [0.1, 0.15) is 20.8 Å². The summed E-state index contributed by atoms with van der Waals surface area (Å²) in [6.07, 6.45) is 4.66. The number of nitrogens with zero attached hydrogens (tertiary/aromatic N) is 5. The van der Waals surface area contributed by atoms with Crippen LogP contribution < -0.4 is 20.3 Å². The maximum absolute atomic E-state index is 12.9. The number of benzene rings is 1. The summed E-state index contributed by atoms with van der Waals surface area (Å²) in [4.78, 5) is 43.3. The predicted octanol–water partition coefficient (Wildman–Crippen LogP) is 5.46. The van der Waals surface area contributed by atoms with Crippen LogP contribution in [-0.2, 0) is 4.79 Å². The topological polar surface area (TPSA) is 113 Å². The average molecular weight is 602 g/mol. The molecule has 2 aliphatic heterocycles. The normalized spacial score (nSPS) is 15.7. The standard InChI is InChI=1S/C30H28ClN7O3S/c1-4-25(39)37-10-11-38-20(15-37)16-41-23-12-19(13-32-28(23)38)22-9-8-18(3)27(34-22)36-30-33-14-24(42-30)29(40)35-26-17(2)6-5-7-21(26)31/h4-9,12-14,20H,1,10-11,15-16H2,2-3H3,(H,35,40)(H,33,34,36)/t20-/m0/s1. The number of pyridine rings is 2. The molecule has 6 rings (SSSR count). The largest absolute Gasteiger partial charge is 0.487 e. The number of hydrogen-bond acceptors (Lipinski definition) is 9. The molecule has 12 heteroatoms. The van der Waals surface area contributed by atoms with E-state index < -0.39 is 0 Å². The minimum Gasteiger partial charge on any atom is -0.487 e. The van der Waals surface area contributed by atoms with Crippen molar-refractivity contribution in [1.82, 2.24) is 19.9 Å². The third-order valence-electron chi connectivity index (χ3n) is 7.31. The molecule has 1 saturated heterocycles. The van der Waals surface area contributed by atoms with E-state index in [9.17, 15) is 9.59 Å². The van der Waals surface area contributed by atoms with E-state index in [4.69, 9.17) is 26.3 Å². The number of thiazole rings is 1. The van der Waals surface area contributed by atoms with Gasteiger partial charge in [-0.2, -0.15) is 0 Å². The van der Waals surface area contributed by atoms with E-state index in [0.29, 0.717) is 64.2 Å². The molecule has 0 unspecified atom stereocenters. The number of carbonyl (C=O) groups excluding carboxylic acids is 2. The lowest BCUT2D eigenvalue weighted by Gasteiger charge is -2.44. The highest BCUT2D eigenvalue weighted by atomic mass is 35.5. The molecule has 4 aromatic rings. The zero-order valence-corrected chi connectivity index (χ0v) is 24.6. The van der Waals surface area contributed by atoms with Gasteiger partial charge < -0.3 is 25.2 Å². The number of piperazine rings is 1. The minimum atomic E-state index is -0.286. The molecule has 5 heterocycles. The molecule has 0 saturated carbocycles. The molecule has 42 heavy (non-hydrogen) atoms. The van der Waals surface area contributed by atoms with E-state index in [1.807, 2.05) is 44.2 Å². The second-order valence-electron chi connectivity index (χ2n) is 10.1. The van der Waals surface area contributed by atoms with Gasteiger partial charge in [0.25, 0.3) is 5.91 Å². The molecule has 2 amide bonds. The van der Waals surface area contributed by atoms with E-state index in [2.05, 4.69) is 27.1 Å². The number of carbonyl (C=O) groups is 2. The Balaban J connectivity index is 1.17. The highest BCUT2D eigenvalue weighted by Crippen LogP contribution is 2.37. The molecule has 0 spiro atoms. The Morgan fingerprint density at radius 1 is 1.14 bits per heavy atom. The summed E-state index contributed by atoms with van der Waals surface area (Å²) in [6, 6.07) is 11.4. The lowest BCUT2D eigenvalue weighted by Crippen LogP contribution is -2.58. The number of anilines is 4. The number of hydrogen-bond donors (Lipinski definition) is 2. The number of para-hydroxylation sites is 1. The number of ether oxygens (including phenoxy) is 1. The van der Waals surface area contributed by atoms with Crippen molar-refractivity contribution in [3.05, 3.63) is 82.5 Å². The zero-order valence-electron chi connectivity index (χ0n) is 23.1. The van der Waals surface area contributed by atoms with E-state index in [-0.39, 0.29) is 17.9 Å². The van der Waals surface area contributed by atoms with Crippen molar-refractivity contribution in [1.29, 1.82) is 0 Å². The smallest absolute Gasteiger partial charge is 0.267 e. The van der Waals surface area contributed by atoms with Crippen LogP contribution in [0.25, 0.3) is 11.3 Å². The molecule has 1 fully saturated rings. The Morgan fingerprint density at radius 3 is 2.81 bits per heavy atom. The summed E-state index contributed by atoms with van der Waals surface area (Å²) in [5.41, 5.74) is 3.91. The first-order valence-corrected chi connectivity index (χ1v) is 14.6. The van der Waals surface area contributed by atoms with Crippen molar-refractivity contribution < 1.29 is 14.3 Å². The van der Waals surface area contributed by atoms with Crippen molar-refractivity contribution in [2.24, 2.45) is 0 Å². The number of aromatic nitrogens is 3. The summed E-state index contributed by atoms with van der Waals surface area (Å²) in [5, 5.41) is 7.15. The first kappa shape index (κ1) is 27.7. The van der Waals surface area contributed by atoms with Crippen LogP contribution in [0, 0.1) is 13.8 Å². The molecule has 10 nitrogen and oxygen atoms in total. The van der Waals surface area contributed by atoms with E-state index in [1.165, 1.54) is 23.6 Å². The van der Waals surface area contributed by atoms with Gasteiger partial charge in [0.15, 0.2) is 16.7 Å². The molecule has 0 radical (unpaired) electrons. The fraction of sp³-hybridized carbons (Fsp3) is 0.233. The highest BCUT2D eigenvalue weighted by Gasteiger charge is 2.35. The number of halogens is 1. The lowest BCUT2D eigenvalue weighted by atomic mass is 10.1. The summed E-state index contributed by atoms with van der Waals surface area (Å²) in [6.45, 7) is 9.75. The number of rotatable bonds is 6. The van der Waals surface area contributed by atoms with Gasteiger partial charge >= 0.3 is 0 Å². The number of aryl methyl sites for hydroxylation is 2. The Hall–Kier alpha value is -4.48. The molecular formula is C30H28ClN7O3S. The third kappa shape index (κ3) is 5.40. The number of nitrogens with one attached hydrogen (secondary N) is 2. The Bertz CT molecular complexity index is 1690. The van der Waals surface area contributed by atoms with Gasteiger partial charge in [0, 0.05) is 31.4 Å². The Labute approximate surface area is 252 Å². The van der Waals surface area contributed by atoms with Gasteiger partial charge in [-0.1, -0.05) is 47.7 Å². The van der Waals surface area contributed by atoms with Crippen LogP contribution in [0.15, 0.2) is 61.4 Å². The maximum atomic E-state index is 12.9. The van der Waals surface area contributed by atoms with Crippen molar-refractivity contribution in [2.75, 3.05) is 41.8 Å². The van der Waals surface area contributed by atoms with Crippen LogP contribution >= 0.6 is 22.9 Å². The molecule has 1 atom stereocenters. The first-order valence-electron chi connectivity index (χ1n) is 13.4. The molecule has 0 aliphatic carbocycles. The Morgan fingerprint density at radius 2 is 2.00 bits per heavy atom. The predicted molar refractivity (Wildman–Crippen MR) is 165 cm³/mol. The quantitative estimate of drug-likeness (QED) is 0.280. The SMILES string of the molecule is C=CC(=O)N1CCN2c3ncc(-c4ccc(C)c(Nc5ncc(C(=O)Nc6c(C)cccc6Cl)s5)n4)cc3OC[C@@H]2C1. The van der Waals surface area contributed by atoms with Crippen LogP contribution in [0.3, 0.4) is 0 Å². The summed E-state index contributed by atoms with van der Waals surface area (Å²) in [5.74, 6) is 1.73. The van der Waals surface area contributed by atoms with Crippen molar-refractivity contribution in [2.45, 2.75) is 19.9 Å². The lowest BCUT2D eigenvalue weighted by molar-refractivity contribution is -0.127. The van der Waals surface area contributed by atoms with Crippen molar-refractivity contribution in [3.8, 4) is 17.0 Å². The molecule has 214 valence electrons. The second-order valence-corrected chi connectivity index (χ2v) is 11.5. The molecule has 2 N–H and O–H groups in total. The minimum absolute atomic E-state index is 0.0424. The summed E-state index contributed by atoms with van der Waals surface area (Å²) < 4.78 is 6.08. The van der Waals surface area contributed by atoms with Gasteiger partial charge in [-0.25, -0.2) is 15.0 Å². The molecule has 2 aliphatic rings. The van der Waals surface area contributed by atoms with Gasteiger partial charge in [-0.05, 0) is 49.2 Å². The molecular weight excluding hydrogens is 574 g/mol. The van der Waals surface area contributed by atoms with E-state index in [0.717, 1.165) is 22.5 Å². The van der Waals surface area contributed by atoms with Gasteiger partial charge in [0.2, 0.25) is 5.91 Å². The van der Waals surface area contributed by atoms with E-state index in [1.54, 1.807) is 17.2 Å².